The van der Waals surface area contributed by atoms with Crippen LogP contribution in [0.4, 0.5) is 5.69 Å². The van der Waals surface area contributed by atoms with E-state index in [1.165, 1.54) is 19.1 Å². The zero-order valence-corrected chi connectivity index (χ0v) is 19.1. The first-order chi connectivity index (χ1) is 14.4. The van der Waals surface area contributed by atoms with Crippen molar-refractivity contribution >= 4 is 44.9 Å². The van der Waals surface area contributed by atoms with Crippen LogP contribution in [-0.4, -0.2) is 45.1 Å². The number of rotatable bonds is 7. The molecule has 0 spiro atoms. The molecule has 31 heavy (non-hydrogen) atoms. The molecule has 10 heteroatoms. The van der Waals surface area contributed by atoms with Gasteiger partial charge >= 0.3 is 5.97 Å². The van der Waals surface area contributed by atoms with Crippen LogP contribution >= 0.6 is 11.6 Å². The molecule has 0 aliphatic carbocycles. The Morgan fingerprint density at radius 3 is 2.29 bits per heavy atom. The highest BCUT2D eigenvalue weighted by Gasteiger charge is 2.22. The van der Waals surface area contributed by atoms with Crippen molar-refractivity contribution in [2.45, 2.75) is 31.8 Å². The third-order valence-electron chi connectivity index (χ3n) is 4.41. The molecule has 8 nitrogen and oxygen atoms in total. The third-order valence-corrected chi connectivity index (χ3v) is 5.85. The molecule has 0 radical (unpaired) electrons. The predicted octanol–water partition coefficient (Wildman–Crippen LogP) is 2.66. The minimum absolute atomic E-state index is 0.0158. The number of ether oxygens (including phenoxy) is 1. The fourth-order valence-electron chi connectivity index (χ4n) is 2.68. The number of hydrogen-bond acceptors (Lipinski definition) is 6. The minimum Gasteiger partial charge on any atom is -0.449 e. The third kappa shape index (κ3) is 6.53. The molecule has 0 heterocycles. The fourth-order valence-corrected chi connectivity index (χ4v) is 3.52. The van der Waals surface area contributed by atoms with Crippen LogP contribution in [0.25, 0.3) is 0 Å². The summed E-state index contributed by atoms with van der Waals surface area (Å²) in [5.41, 5.74) is 2.25. The van der Waals surface area contributed by atoms with Crippen LogP contribution < -0.4 is 10.6 Å². The summed E-state index contributed by atoms with van der Waals surface area (Å²) < 4.78 is 28.4. The van der Waals surface area contributed by atoms with Gasteiger partial charge in [0.2, 0.25) is 5.91 Å². The molecular weight excluding hydrogens is 444 g/mol. The molecule has 2 aromatic rings. The van der Waals surface area contributed by atoms with Crippen molar-refractivity contribution in [1.82, 2.24) is 5.32 Å². The van der Waals surface area contributed by atoms with Gasteiger partial charge in [-0.15, -0.1) is 0 Å². The van der Waals surface area contributed by atoms with E-state index in [1.54, 1.807) is 0 Å². The lowest BCUT2D eigenvalue weighted by molar-refractivity contribution is -0.130. The molecule has 0 fully saturated rings. The highest BCUT2D eigenvalue weighted by molar-refractivity contribution is 7.90. The first-order valence-corrected chi connectivity index (χ1v) is 11.5. The van der Waals surface area contributed by atoms with Gasteiger partial charge in [0, 0.05) is 11.9 Å². The number of benzene rings is 2. The van der Waals surface area contributed by atoms with Crippen LogP contribution in [-0.2, 0) is 24.2 Å². The Balaban J connectivity index is 1.97. The lowest BCUT2D eigenvalue weighted by atomic mass is 10.1. The Morgan fingerprint density at radius 1 is 1.10 bits per heavy atom. The van der Waals surface area contributed by atoms with Gasteiger partial charge in [-0.2, -0.15) is 0 Å². The molecule has 1 unspecified atom stereocenters. The van der Waals surface area contributed by atoms with Crippen molar-refractivity contribution in [2.75, 3.05) is 18.1 Å². The van der Waals surface area contributed by atoms with E-state index in [0.29, 0.717) is 5.69 Å². The minimum atomic E-state index is -3.56. The average Bonchev–Trinajstić information content (AvgIpc) is 2.68. The summed E-state index contributed by atoms with van der Waals surface area (Å²) in [5, 5.41) is 5.11. The zero-order chi connectivity index (χ0) is 23.3. The molecule has 0 bridgehead atoms. The maximum atomic E-state index is 12.4. The van der Waals surface area contributed by atoms with E-state index in [-0.39, 0.29) is 22.0 Å². The van der Waals surface area contributed by atoms with Gasteiger partial charge in [-0.3, -0.25) is 9.59 Å². The number of aryl methyl sites for hydroxylation is 2. The van der Waals surface area contributed by atoms with Crippen LogP contribution in [0.15, 0.2) is 41.3 Å². The van der Waals surface area contributed by atoms with Gasteiger partial charge in [-0.25, -0.2) is 13.2 Å². The summed E-state index contributed by atoms with van der Waals surface area (Å²) in [6.07, 6.45) is -0.247. The molecule has 0 aromatic heterocycles. The van der Waals surface area contributed by atoms with Gasteiger partial charge in [0.1, 0.15) is 0 Å². The molecule has 0 aliphatic rings. The number of carbonyl (C=O) groups excluding carboxylic acids is 3. The first kappa shape index (κ1) is 24.4. The normalized spacial score (nSPS) is 12.0. The van der Waals surface area contributed by atoms with E-state index in [1.807, 2.05) is 32.0 Å². The Kier molecular flexibility index (Phi) is 7.80. The average molecular weight is 467 g/mol. The van der Waals surface area contributed by atoms with Crippen molar-refractivity contribution in [1.29, 1.82) is 0 Å². The van der Waals surface area contributed by atoms with Gasteiger partial charge < -0.3 is 15.4 Å². The molecule has 2 N–H and O–H groups in total. The quantitative estimate of drug-likeness (QED) is 0.605. The predicted molar refractivity (Wildman–Crippen MR) is 117 cm³/mol. The van der Waals surface area contributed by atoms with Crippen molar-refractivity contribution in [3.05, 3.63) is 58.1 Å². The van der Waals surface area contributed by atoms with E-state index >= 15 is 0 Å². The fraction of sp³-hybridized carbons (Fsp3) is 0.286. The molecular formula is C21H23ClN2O6S. The van der Waals surface area contributed by atoms with Crippen LogP contribution in [0, 0.1) is 13.8 Å². The number of para-hydroxylation sites is 1. The van der Waals surface area contributed by atoms with E-state index < -0.39 is 33.7 Å². The molecule has 2 rings (SSSR count). The van der Waals surface area contributed by atoms with Crippen LogP contribution in [0.3, 0.4) is 0 Å². The molecule has 0 aliphatic heterocycles. The van der Waals surface area contributed by atoms with E-state index in [9.17, 15) is 22.8 Å². The summed E-state index contributed by atoms with van der Waals surface area (Å²) in [4.78, 5) is 36.6. The second-order valence-corrected chi connectivity index (χ2v) is 9.42. The van der Waals surface area contributed by atoms with Gasteiger partial charge in [-0.05, 0) is 50.1 Å². The summed E-state index contributed by atoms with van der Waals surface area (Å²) in [5.74, 6) is -2.09. The molecule has 1 atom stereocenters. The lowest BCUT2D eigenvalue weighted by Gasteiger charge is -2.15. The van der Waals surface area contributed by atoms with Gasteiger partial charge in [0.25, 0.3) is 5.91 Å². The molecule has 2 amide bonds. The summed E-state index contributed by atoms with van der Waals surface area (Å²) in [6, 6.07) is 9.19. The number of hydrogen-bond donors (Lipinski definition) is 2. The van der Waals surface area contributed by atoms with E-state index in [4.69, 9.17) is 16.3 Å². The Hall–Kier alpha value is -2.91. The SMILES string of the molecule is Cc1cccc(C)c1NC(=O)CNC(=O)C(C)OC(=O)c1cc(S(C)(=O)=O)ccc1Cl. The Morgan fingerprint density at radius 2 is 1.71 bits per heavy atom. The molecule has 2 aromatic carbocycles. The second kappa shape index (κ2) is 9.93. The number of esters is 1. The lowest BCUT2D eigenvalue weighted by Crippen LogP contribution is -2.40. The summed E-state index contributed by atoms with van der Waals surface area (Å²) >= 11 is 5.96. The number of amides is 2. The highest BCUT2D eigenvalue weighted by atomic mass is 35.5. The Labute approximate surface area is 185 Å². The second-order valence-electron chi connectivity index (χ2n) is 6.99. The van der Waals surface area contributed by atoms with Crippen LogP contribution in [0.1, 0.15) is 28.4 Å². The van der Waals surface area contributed by atoms with E-state index in [2.05, 4.69) is 10.6 Å². The first-order valence-electron chi connectivity index (χ1n) is 9.24. The van der Waals surface area contributed by atoms with Crippen LogP contribution in [0.2, 0.25) is 5.02 Å². The van der Waals surface area contributed by atoms with Gasteiger partial charge in [0.15, 0.2) is 15.9 Å². The Bertz CT molecular complexity index is 1110. The molecule has 0 saturated carbocycles. The van der Waals surface area contributed by atoms with Gasteiger partial charge in [-0.1, -0.05) is 29.8 Å². The molecule has 166 valence electrons. The highest BCUT2D eigenvalue weighted by Crippen LogP contribution is 2.22. The number of halogens is 1. The standard InChI is InChI=1S/C21H23ClN2O6S/c1-12-6-5-7-13(2)19(12)24-18(25)11-23-20(26)14(3)30-21(27)16-10-15(31(4,28)29)8-9-17(16)22/h5-10,14H,11H2,1-4H3,(H,23,26)(H,24,25). The van der Waals surface area contributed by atoms with E-state index in [0.717, 1.165) is 23.4 Å². The number of anilines is 1. The van der Waals surface area contributed by atoms with Crippen LogP contribution in [0.5, 0.6) is 0 Å². The molecule has 0 saturated heterocycles. The smallest absolute Gasteiger partial charge is 0.340 e. The summed E-state index contributed by atoms with van der Waals surface area (Å²) in [6.45, 7) is 4.71. The number of carbonyl (C=O) groups is 3. The van der Waals surface area contributed by atoms with Crippen molar-refractivity contribution in [3.63, 3.8) is 0 Å². The van der Waals surface area contributed by atoms with Crippen molar-refractivity contribution in [2.24, 2.45) is 0 Å². The number of sulfone groups is 1. The number of nitrogens with one attached hydrogen (secondary N) is 2. The van der Waals surface area contributed by atoms with Crippen molar-refractivity contribution in [3.8, 4) is 0 Å². The monoisotopic (exact) mass is 466 g/mol. The maximum Gasteiger partial charge on any atom is 0.340 e. The largest absolute Gasteiger partial charge is 0.449 e. The van der Waals surface area contributed by atoms with Crippen molar-refractivity contribution < 1.29 is 27.5 Å². The topological polar surface area (TPSA) is 119 Å². The summed E-state index contributed by atoms with van der Waals surface area (Å²) in [7, 11) is -3.56. The van der Waals surface area contributed by atoms with Gasteiger partial charge in [0.05, 0.1) is 22.0 Å². The zero-order valence-electron chi connectivity index (χ0n) is 17.5. The maximum absolute atomic E-state index is 12.4.